The number of nitriles is 1. The predicted octanol–water partition coefficient (Wildman–Crippen LogP) is 2.94. The maximum absolute atomic E-state index is 9.47. The summed E-state index contributed by atoms with van der Waals surface area (Å²) in [5, 5.41) is 9.47. The van der Waals surface area contributed by atoms with E-state index in [1.807, 2.05) is 31.2 Å². The van der Waals surface area contributed by atoms with Crippen LogP contribution in [0.15, 0.2) is 29.2 Å². The average Bonchev–Trinajstić information content (AvgIpc) is 2.29. The van der Waals surface area contributed by atoms with E-state index < -0.39 is 5.41 Å². The number of rotatable bonds is 1. The first-order valence-corrected chi connectivity index (χ1v) is 5.93. The monoisotopic (exact) mass is 233 g/mol. The summed E-state index contributed by atoms with van der Waals surface area (Å²) >= 11 is 4.33. The van der Waals surface area contributed by atoms with Gasteiger partial charge in [0, 0.05) is 11.5 Å². The van der Waals surface area contributed by atoms with Gasteiger partial charge in [0.05, 0.1) is 17.6 Å². The molecule has 0 radical (unpaired) electrons. The van der Waals surface area contributed by atoms with E-state index in [0.29, 0.717) is 6.61 Å². The van der Waals surface area contributed by atoms with Crippen molar-refractivity contribution in [1.29, 1.82) is 5.26 Å². The van der Waals surface area contributed by atoms with Crippen molar-refractivity contribution in [2.24, 2.45) is 0 Å². The van der Waals surface area contributed by atoms with Crippen LogP contribution < -0.4 is 0 Å². The topological polar surface area (TPSA) is 33.0 Å². The van der Waals surface area contributed by atoms with Gasteiger partial charge in [-0.05, 0) is 37.5 Å². The molecular weight excluding hydrogens is 218 g/mol. The Morgan fingerprint density at radius 2 is 2.38 bits per heavy atom. The summed E-state index contributed by atoms with van der Waals surface area (Å²) in [5.41, 5.74) is 0.675. The van der Waals surface area contributed by atoms with E-state index >= 15 is 0 Å². The SMILES string of the molecule is CC1CC(C#N)(c2cccc(S)c2)CCO1. The van der Waals surface area contributed by atoms with Crippen LogP contribution in [0.5, 0.6) is 0 Å². The van der Waals surface area contributed by atoms with E-state index in [1.165, 1.54) is 0 Å². The van der Waals surface area contributed by atoms with Crippen molar-refractivity contribution in [3.8, 4) is 6.07 Å². The Kier molecular flexibility index (Phi) is 3.22. The minimum Gasteiger partial charge on any atom is -0.378 e. The second-order valence-corrected chi connectivity index (χ2v) is 4.90. The van der Waals surface area contributed by atoms with E-state index in [0.717, 1.165) is 23.3 Å². The first-order valence-electron chi connectivity index (χ1n) is 5.49. The molecule has 2 rings (SSSR count). The van der Waals surface area contributed by atoms with Gasteiger partial charge in [0.1, 0.15) is 0 Å². The maximum Gasteiger partial charge on any atom is 0.0869 e. The van der Waals surface area contributed by atoms with Crippen LogP contribution in [0.25, 0.3) is 0 Å². The Balaban J connectivity index is 2.38. The summed E-state index contributed by atoms with van der Waals surface area (Å²) in [6, 6.07) is 10.4. The zero-order valence-electron chi connectivity index (χ0n) is 9.31. The standard InChI is InChI=1S/C13H15NOS/c1-10-8-13(9-14,5-6-15-10)11-3-2-4-12(16)7-11/h2-4,7,10,16H,5-6,8H2,1H3. The van der Waals surface area contributed by atoms with Crippen molar-refractivity contribution in [2.45, 2.75) is 36.2 Å². The summed E-state index contributed by atoms with van der Waals surface area (Å²) < 4.78 is 5.52. The van der Waals surface area contributed by atoms with Crippen molar-refractivity contribution >= 4 is 12.6 Å². The molecule has 0 aliphatic carbocycles. The molecule has 1 heterocycles. The highest BCUT2D eigenvalue weighted by Gasteiger charge is 2.37. The van der Waals surface area contributed by atoms with Gasteiger partial charge in [-0.3, -0.25) is 0 Å². The Hall–Kier alpha value is -0.980. The van der Waals surface area contributed by atoms with Crippen LogP contribution in [-0.4, -0.2) is 12.7 Å². The maximum atomic E-state index is 9.47. The molecule has 16 heavy (non-hydrogen) atoms. The highest BCUT2D eigenvalue weighted by Crippen LogP contribution is 2.37. The molecule has 0 saturated carbocycles. The van der Waals surface area contributed by atoms with Crippen molar-refractivity contribution in [3.05, 3.63) is 29.8 Å². The van der Waals surface area contributed by atoms with Gasteiger partial charge in [-0.15, -0.1) is 12.6 Å². The molecular formula is C13H15NOS. The van der Waals surface area contributed by atoms with Crippen LogP contribution in [0.2, 0.25) is 0 Å². The van der Waals surface area contributed by atoms with Gasteiger partial charge in [-0.1, -0.05) is 12.1 Å². The Labute approximate surface area is 102 Å². The predicted molar refractivity (Wildman–Crippen MR) is 65.6 cm³/mol. The fraction of sp³-hybridized carbons (Fsp3) is 0.462. The molecule has 1 aromatic rings. The van der Waals surface area contributed by atoms with Crippen LogP contribution in [0.4, 0.5) is 0 Å². The van der Waals surface area contributed by atoms with Gasteiger partial charge in [0.2, 0.25) is 0 Å². The lowest BCUT2D eigenvalue weighted by atomic mass is 9.74. The molecule has 0 aromatic heterocycles. The largest absolute Gasteiger partial charge is 0.378 e. The molecule has 1 aromatic carbocycles. The zero-order chi connectivity index (χ0) is 11.6. The highest BCUT2D eigenvalue weighted by atomic mass is 32.1. The van der Waals surface area contributed by atoms with Crippen LogP contribution in [-0.2, 0) is 10.2 Å². The first kappa shape index (κ1) is 11.5. The second-order valence-electron chi connectivity index (χ2n) is 4.38. The number of benzene rings is 1. The summed E-state index contributed by atoms with van der Waals surface area (Å²) in [7, 11) is 0. The van der Waals surface area contributed by atoms with Gasteiger partial charge in [-0.2, -0.15) is 5.26 Å². The molecule has 2 unspecified atom stereocenters. The van der Waals surface area contributed by atoms with Gasteiger partial charge < -0.3 is 4.74 Å². The number of hydrogen-bond acceptors (Lipinski definition) is 3. The van der Waals surface area contributed by atoms with E-state index in [4.69, 9.17) is 4.74 Å². The van der Waals surface area contributed by atoms with E-state index in [-0.39, 0.29) is 6.10 Å². The van der Waals surface area contributed by atoms with Crippen molar-refractivity contribution in [3.63, 3.8) is 0 Å². The molecule has 2 nitrogen and oxygen atoms in total. The first-order chi connectivity index (χ1) is 7.66. The third kappa shape index (κ3) is 2.09. The molecule has 1 fully saturated rings. The van der Waals surface area contributed by atoms with Crippen molar-refractivity contribution < 1.29 is 4.74 Å². The lowest BCUT2D eigenvalue weighted by Gasteiger charge is -2.34. The second kappa shape index (κ2) is 4.48. The van der Waals surface area contributed by atoms with Crippen LogP contribution >= 0.6 is 12.6 Å². The lowest BCUT2D eigenvalue weighted by Crippen LogP contribution is -2.36. The molecule has 3 heteroatoms. The molecule has 0 spiro atoms. The fourth-order valence-corrected chi connectivity index (χ4v) is 2.54. The average molecular weight is 233 g/mol. The minimum absolute atomic E-state index is 0.150. The van der Waals surface area contributed by atoms with Crippen LogP contribution in [0.3, 0.4) is 0 Å². The van der Waals surface area contributed by atoms with Gasteiger partial charge in [0.15, 0.2) is 0 Å². The van der Waals surface area contributed by atoms with Crippen LogP contribution in [0, 0.1) is 11.3 Å². The summed E-state index contributed by atoms with van der Waals surface area (Å²) in [4.78, 5) is 0.909. The molecule has 0 bridgehead atoms. The number of nitrogens with zero attached hydrogens (tertiary/aromatic N) is 1. The van der Waals surface area contributed by atoms with Crippen molar-refractivity contribution in [2.75, 3.05) is 6.61 Å². The van der Waals surface area contributed by atoms with Gasteiger partial charge in [0.25, 0.3) is 0 Å². The summed E-state index contributed by atoms with van der Waals surface area (Å²) in [5.74, 6) is 0. The third-order valence-electron chi connectivity index (χ3n) is 3.18. The Morgan fingerprint density at radius 1 is 1.56 bits per heavy atom. The van der Waals surface area contributed by atoms with Crippen LogP contribution in [0.1, 0.15) is 25.3 Å². The molecule has 1 aliphatic heterocycles. The Bertz CT molecular complexity index is 426. The number of ether oxygens (including phenoxy) is 1. The van der Waals surface area contributed by atoms with Gasteiger partial charge >= 0.3 is 0 Å². The van der Waals surface area contributed by atoms with Gasteiger partial charge in [-0.25, -0.2) is 0 Å². The molecule has 0 N–H and O–H groups in total. The Morgan fingerprint density at radius 3 is 3.00 bits per heavy atom. The lowest BCUT2D eigenvalue weighted by molar-refractivity contribution is 0.00349. The molecule has 84 valence electrons. The minimum atomic E-state index is -0.392. The summed E-state index contributed by atoms with van der Waals surface area (Å²) in [6.07, 6.45) is 1.68. The smallest absolute Gasteiger partial charge is 0.0869 e. The van der Waals surface area contributed by atoms with E-state index in [9.17, 15) is 5.26 Å². The normalized spacial score (nSPS) is 29.7. The highest BCUT2D eigenvalue weighted by molar-refractivity contribution is 7.80. The molecule has 2 atom stereocenters. The zero-order valence-corrected chi connectivity index (χ0v) is 10.2. The number of hydrogen-bond donors (Lipinski definition) is 1. The van der Waals surface area contributed by atoms with E-state index in [2.05, 4.69) is 18.7 Å². The molecule has 1 saturated heterocycles. The third-order valence-corrected chi connectivity index (χ3v) is 3.46. The number of thiol groups is 1. The van der Waals surface area contributed by atoms with E-state index in [1.54, 1.807) is 0 Å². The van der Waals surface area contributed by atoms with Crippen molar-refractivity contribution in [1.82, 2.24) is 0 Å². The summed E-state index contributed by atoms with van der Waals surface area (Å²) in [6.45, 7) is 2.68. The fourth-order valence-electron chi connectivity index (χ4n) is 2.32. The quantitative estimate of drug-likeness (QED) is 0.756. The molecule has 1 aliphatic rings. The molecule has 0 amide bonds.